The molecule has 0 aromatic heterocycles. The average Bonchev–Trinajstić information content (AvgIpc) is 2.81. The average molecular weight is 240 g/mol. The molecule has 1 aliphatic rings. The molecule has 0 unspecified atom stereocenters. The summed E-state index contributed by atoms with van der Waals surface area (Å²) in [5, 5.41) is 0. The molecule has 0 saturated heterocycles. The fourth-order valence-corrected chi connectivity index (χ4v) is 2.56. The van der Waals surface area contributed by atoms with Crippen molar-refractivity contribution in [1.82, 2.24) is 0 Å². The van der Waals surface area contributed by atoms with Gasteiger partial charge in [-0.2, -0.15) is 0 Å². The van der Waals surface area contributed by atoms with Crippen molar-refractivity contribution in [2.75, 3.05) is 17.7 Å². The SMILES string of the molecule is CN(c1ccc(N)cc1C(F)F)C1CCCC1. The molecule has 1 saturated carbocycles. The van der Waals surface area contributed by atoms with Gasteiger partial charge in [0, 0.05) is 30.0 Å². The Bertz CT molecular complexity index is 387. The highest BCUT2D eigenvalue weighted by Gasteiger charge is 2.23. The van der Waals surface area contributed by atoms with E-state index in [0.717, 1.165) is 12.8 Å². The van der Waals surface area contributed by atoms with Gasteiger partial charge in [-0.1, -0.05) is 12.8 Å². The summed E-state index contributed by atoms with van der Waals surface area (Å²) in [5.74, 6) is 0. The first-order valence-electron chi connectivity index (χ1n) is 6.00. The molecule has 94 valence electrons. The van der Waals surface area contributed by atoms with Crippen LogP contribution in [-0.2, 0) is 0 Å². The molecular weight excluding hydrogens is 222 g/mol. The lowest BCUT2D eigenvalue weighted by atomic mass is 10.1. The van der Waals surface area contributed by atoms with Crippen LogP contribution >= 0.6 is 0 Å². The minimum atomic E-state index is -2.47. The van der Waals surface area contributed by atoms with Crippen molar-refractivity contribution in [1.29, 1.82) is 0 Å². The van der Waals surface area contributed by atoms with E-state index < -0.39 is 6.43 Å². The molecule has 4 heteroatoms. The van der Waals surface area contributed by atoms with Gasteiger partial charge < -0.3 is 10.6 Å². The summed E-state index contributed by atoms with van der Waals surface area (Å²) in [5.41, 5.74) is 6.61. The summed E-state index contributed by atoms with van der Waals surface area (Å²) >= 11 is 0. The van der Waals surface area contributed by atoms with Gasteiger partial charge in [0.05, 0.1) is 0 Å². The molecule has 1 aromatic carbocycles. The lowest BCUT2D eigenvalue weighted by Gasteiger charge is -2.28. The number of nitrogens with two attached hydrogens (primary N) is 1. The highest BCUT2D eigenvalue weighted by molar-refractivity contribution is 5.60. The third-order valence-corrected chi connectivity index (χ3v) is 3.54. The highest BCUT2D eigenvalue weighted by atomic mass is 19.3. The minimum Gasteiger partial charge on any atom is -0.399 e. The highest BCUT2D eigenvalue weighted by Crippen LogP contribution is 2.34. The molecule has 1 fully saturated rings. The normalized spacial score (nSPS) is 16.7. The van der Waals surface area contributed by atoms with Crippen LogP contribution in [0.4, 0.5) is 20.2 Å². The van der Waals surface area contributed by atoms with Gasteiger partial charge in [0.2, 0.25) is 0 Å². The number of nitrogens with zero attached hydrogens (tertiary/aromatic N) is 1. The van der Waals surface area contributed by atoms with E-state index in [-0.39, 0.29) is 5.56 Å². The Morgan fingerprint density at radius 2 is 1.94 bits per heavy atom. The van der Waals surface area contributed by atoms with Crippen LogP contribution in [0, 0.1) is 0 Å². The maximum absolute atomic E-state index is 13.0. The number of hydrogen-bond acceptors (Lipinski definition) is 2. The molecule has 0 bridgehead atoms. The van der Waals surface area contributed by atoms with E-state index in [1.165, 1.54) is 18.9 Å². The lowest BCUT2D eigenvalue weighted by Crippen LogP contribution is -2.29. The van der Waals surface area contributed by atoms with E-state index >= 15 is 0 Å². The Morgan fingerprint density at radius 1 is 1.29 bits per heavy atom. The number of anilines is 2. The lowest BCUT2D eigenvalue weighted by molar-refractivity contribution is 0.152. The van der Waals surface area contributed by atoms with E-state index in [9.17, 15) is 8.78 Å². The van der Waals surface area contributed by atoms with Gasteiger partial charge in [0.15, 0.2) is 0 Å². The molecule has 0 heterocycles. The zero-order chi connectivity index (χ0) is 12.4. The first-order chi connectivity index (χ1) is 8.09. The van der Waals surface area contributed by atoms with Crippen LogP contribution in [0.2, 0.25) is 0 Å². The van der Waals surface area contributed by atoms with Crippen LogP contribution in [0.3, 0.4) is 0 Å². The van der Waals surface area contributed by atoms with Crippen molar-refractivity contribution in [2.45, 2.75) is 38.2 Å². The minimum absolute atomic E-state index is 0.0411. The predicted octanol–water partition coefficient (Wildman–Crippen LogP) is 3.59. The number of nitrogen functional groups attached to an aromatic ring is 1. The Hall–Kier alpha value is -1.32. The molecule has 1 aromatic rings. The van der Waals surface area contributed by atoms with Gasteiger partial charge in [0.1, 0.15) is 0 Å². The zero-order valence-electron chi connectivity index (χ0n) is 10.00. The monoisotopic (exact) mass is 240 g/mol. The second kappa shape index (κ2) is 4.90. The maximum atomic E-state index is 13.0. The van der Waals surface area contributed by atoms with E-state index in [1.807, 2.05) is 11.9 Å². The summed E-state index contributed by atoms with van der Waals surface area (Å²) < 4.78 is 25.9. The number of benzene rings is 1. The second-order valence-electron chi connectivity index (χ2n) is 4.67. The van der Waals surface area contributed by atoms with Crippen LogP contribution in [-0.4, -0.2) is 13.1 Å². The van der Waals surface area contributed by atoms with Crippen molar-refractivity contribution in [3.63, 3.8) is 0 Å². The van der Waals surface area contributed by atoms with Gasteiger partial charge in [-0.05, 0) is 31.0 Å². The first-order valence-corrected chi connectivity index (χ1v) is 6.00. The summed E-state index contributed by atoms with van der Waals surface area (Å²) in [4.78, 5) is 1.98. The Kier molecular flexibility index (Phi) is 3.50. The van der Waals surface area contributed by atoms with Gasteiger partial charge >= 0.3 is 0 Å². The standard InChI is InChI=1S/C13H18F2N2/c1-17(10-4-2-3-5-10)12-7-6-9(16)8-11(12)13(14)15/h6-8,10,13H,2-5,16H2,1H3. The van der Waals surface area contributed by atoms with E-state index in [4.69, 9.17) is 5.73 Å². The number of halogens is 2. The fraction of sp³-hybridized carbons (Fsp3) is 0.538. The Labute approximate surface area is 100 Å². The van der Waals surface area contributed by atoms with Crippen molar-refractivity contribution in [3.05, 3.63) is 23.8 Å². The third kappa shape index (κ3) is 2.51. The van der Waals surface area contributed by atoms with Crippen LogP contribution in [0.25, 0.3) is 0 Å². The van der Waals surface area contributed by atoms with E-state index in [2.05, 4.69) is 0 Å². The summed E-state index contributed by atoms with van der Waals surface area (Å²) in [6.07, 6.45) is 2.08. The molecule has 0 aliphatic heterocycles. The van der Waals surface area contributed by atoms with Crippen LogP contribution in [0.15, 0.2) is 18.2 Å². The number of rotatable bonds is 3. The molecule has 0 amide bonds. The summed E-state index contributed by atoms with van der Waals surface area (Å²) in [7, 11) is 1.90. The molecule has 0 spiro atoms. The quantitative estimate of drug-likeness (QED) is 0.818. The maximum Gasteiger partial charge on any atom is 0.265 e. The number of alkyl halides is 2. The molecule has 17 heavy (non-hydrogen) atoms. The van der Waals surface area contributed by atoms with Crippen LogP contribution < -0.4 is 10.6 Å². The molecule has 0 radical (unpaired) electrons. The fourth-order valence-electron chi connectivity index (χ4n) is 2.56. The molecule has 0 atom stereocenters. The smallest absolute Gasteiger partial charge is 0.265 e. The predicted molar refractivity (Wildman–Crippen MR) is 66.5 cm³/mol. The van der Waals surface area contributed by atoms with Gasteiger partial charge in [-0.3, -0.25) is 0 Å². The zero-order valence-corrected chi connectivity index (χ0v) is 10.00. The Morgan fingerprint density at radius 3 is 2.53 bits per heavy atom. The topological polar surface area (TPSA) is 29.3 Å². The second-order valence-corrected chi connectivity index (χ2v) is 4.67. The largest absolute Gasteiger partial charge is 0.399 e. The van der Waals surface area contributed by atoms with Crippen molar-refractivity contribution >= 4 is 11.4 Å². The van der Waals surface area contributed by atoms with Crippen LogP contribution in [0.5, 0.6) is 0 Å². The summed E-state index contributed by atoms with van der Waals surface area (Å²) in [6, 6.07) is 5.16. The number of hydrogen-bond donors (Lipinski definition) is 1. The molecule has 2 nitrogen and oxygen atoms in total. The third-order valence-electron chi connectivity index (χ3n) is 3.54. The van der Waals surface area contributed by atoms with Gasteiger partial charge in [-0.25, -0.2) is 8.78 Å². The van der Waals surface area contributed by atoms with Crippen molar-refractivity contribution in [3.8, 4) is 0 Å². The molecule has 2 N–H and O–H groups in total. The van der Waals surface area contributed by atoms with E-state index in [0.29, 0.717) is 17.4 Å². The van der Waals surface area contributed by atoms with Crippen LogP contribution in [0.1, 0.15) is 37.7 Å². The Balaban J connectivity index is 2.29. The molecule has 1 aliphatic carbocycles. The van der Waals surface area contributed by atoms with E-state index in [1.54, 1.807) is 12.1 Å². The molecule has 2 rings (SSSR count). The van der Waals surface area contributed by atoms with Gasteiger partial charge in [0.25, 0.3) is 6.43 Å². The van der Waals surface area contributed by atoms with Gasteiger partial charge in [-0.15, -0.1) is 0 Å². The van der Waals surface area contributed by atoms with Crippen molar-refractivity contribution in [2.24, 2.45) is 0 Å². The molecular formula is C13H18F2N2. The first kappa shape index (κ1) is 12.1. The summed E-state index contributed by atoms with van der Waals surface area (Å²) in [6.45, 7) is 0. The van der Waals surface area contributed by atoms with Crippen molar-refractivity contribution < 1.29 is 8.78 Å².